The van der Waals surface area contributed by atoms with Crippen molar-refractivity contribution in [1.82, 2.24) is 0 Å². The van der Waals surface area contributed by atoms with Crippen molar-refractivity contribution < 1.29 is 9.50 Å². The number of hydrogen-bond acceptors (Lipinski definition) is 3. The molecule has 3 nitrogen and oxygen atoms in total. The van der Waals surface area contributed by atoms with Crippen LogP contribution in [0.15, 0.2) is 18.2 Å². The zero-order valence-corrected chi connectivity index (χ0v) is 10.1. The third-order valence-corrected chi connectivity index (χ3v) is 5.09. The number of nitrogens with zero attached hydrogens (tertiary/aromatic N) is 1. The molecule has 1 aromatic carbocycles. The topological polar surface area (TPSA) is 49.5 Å². The Kier molecular flexibility index (Phi) is 1.99. The number of fused-ring (bicyclic) bond motifs is 1. The molecule has 2 aliphatic carbocycles. The molecule has 5 unspecified atom stereocenters. The van der Waals surface area contributed by atoms with E-state index in [0.29, 0.717) is 23.4 Å². The molecular formula is C14H17FN2O. The predicted octanol–water partition coefficient (Wildman–Crippen LogP) is 1.61. The first-order chi connectivity index (χ1) is 8.63. The van der Waals surface area contributed by atoms with Gasteiger partial charge in [-0.05, 0) is 48.8 Å². The second-order valence-electron chi connectivity index (χ2n) is 6.03. The molecule has 0 radical (unpaired) electrons. The number of rotatable bonds is 1. The van der Waals surface area contributed by atoms with Crippen LogP contribution in [0, 0.1) is 23.6 Å². The van der Waals surface area contributed by atoms with E-state index in [2.05, 4.69) is 4.90 Å². The van der Waals surface area contributed by atoms with Crippen molar-refractivity contribution in [2.45, 2.75) is 25.0 Å². The average molecular weight is 248 g/mol. The van der Waals surface area contributed by atoms with E-state index in [4.69, 9.17) is 5.73 Å². The Bertz CT molecular complexity index is 484. The first kappa shape index (κ1) is 10.6. The van der Waals surface area contributed by atoms with E-state index in [9.17, 15) is 9.50 Å². The number of aliphatic hydroxyl groups is 1. The second kappa shape index (κ2) is 3.38. The Morgan fingerprint density at radius 1 is 1.22 bits per heavy atom. The lowest BCUT2D eigenvalue weighted by Crippen LogP contribution is -2.40. The molecule has 5 atom stereocenters. The van der Waals surface area contributed by atoms with Crippen molar-refractivity contribution >= 4 is 11.4 Å². The maximum Gasteiger partial charge on any atom is 0.127 e. The molecule has 3 aliphatic rings. The van der Waals surface area contributed by atoms with Crippen LogP contribution in [0.5, 0.6) is 0 Å². The van der Waals surface area contributed by atoms with E-state index < -0.39 is 0 Å². The van der Waals surface area contributed by atoms with Crippen LogP contribution in [0.25, 0.3) is 0 Å². The van der Waals surface area contributed by atoms with Crippen molar-refractivity contribution in [2.24, 2.45) is 17.8 Å². The highest BCUT2D eigenvalue weighted by molar-refractivity contribution is 5.58. The number of nitrogens with two attached hydrogens (primary N) is 1. The van der Waals surface area contributed by atoms with Crippen LogP contribution in [-0.4, -0.2) is 23.8 Å². The van der Waals surface area contributed by atoms with Gasteiger partial charge in [0.1, 0.15) is 5.82 Å². The van der Waals surface area contributed by atoms with Crippen molar-refractivity contribution in [3.05, 3.63) is 24.0 Å². The molecule has 1 aliphatic heterocycles. The van der Waals surface area contributed by atoms with Gasteiger partial charge in [-0.25, -0.2) is 4.39 Å². The van der Waals surface area contributed by atoms with E-state index >= 15 is 0 Å². The molecule has 1 saturated heterocycles. The van der Waals surface area contributed by atoms with Crippen LogP contribution >= 0.6 is 0 Å². The van der Waals surface area contributed by atoms with E-state index in [-0.39, 0.29) is 18.0 Å². The Morgan fingerprint density at radius 3 is 2.78 bits per heavy atom. The van der Waals surface area contributed by atoms with Gasteiger partial charge in [-0.3, -0.25) is 0 Å². The second-order valence-corrected chi connectivity index (χ2v) is 6.03. The Labute approximate surface area is 105 Å². The van der Waals surface area contributed by atoms with Crippen LogP contribution < -0.4 is 10.6 Å². The highest BCUT2D eigenvalue weighted by Gasteiger charge is 2.58. The van der Waals surface area contributed by atoms with Gasteiger partial charge in [0, 0.05) is 17.9 Å². The largest absolute Gasteiger partial charge is 0.399 e. The summed E-state index contributed by atoms with van der Waals surface area (Å²) in [4.78, 5) is 2.17. The number of anilines is 2. The third kappa shape index (κ3) is 1.27. The van der Waals surface area contributed by atoms with Crippen LogP contribution in [0.3, 0.4) is 0 Å². The summed E-state index contributed by atoms with van der Waals surface area (Å²) in [5.74, 6) is 1.43. The van der Waals surface area contributed by atoms with Crippen molar-refractivity contribution in [3.8, 4) is 0 Å². The molecule has 1 aromatic rings. The summed E-state index contributed by atoms with van der Waals surface area (Å²) in [7, 11) is 0. The maximum atomic E-state index is 13.5. The van der Waals surface area contributed by atoms with Crippen LogP contribution in [-0.2, 0) is 0 Å². The summed E-state index contributed by atoms with van der Waals surface area (Å²) < 4.78 is 13.5. The molecule has 4 rings (SSSR count). The van der Waals surface area contributed by atoms with Crippen molar-refractivity contribution in [2.75, 3.05) is 17.2 Å². The van der Waals surface area contributed by atoms with Crippen LogP contribution in [0.4, 0.5) is 15.8 Å². The van der Waals surface area contributed by atoms with Gasteiger partial charge in [-0.15, -0.1) is 0 Å². The fourth-order valence-corrected chi connectivity index (χ4v) is 4.47. The molecule has 2 bridgehead atoms. The fraction of sp³-hybridized carbons (Fsp3) is 0.571. The van der Waals surface area contributed by atoms with Crippen molar-refractivity contribution in [1.29, 1.82) is 0 Å². The highest BCUT2D eigenvalue weighted by atomic mass is 19.1. The number of hydrogen-bond donors (Lipinski definition) is 2. The summed E-state index contributed by atoms with van der Waals surface area (Å²) in [6, 6.07) is 4.85. The lowest BCUT2D eigenvalue weighted by Gasteiger charge is -2.30. The molecule has 4 heteroatoms. The smallest absolute Gasteiger partial charge is 0.127 e. The molecule has 2 saturated carbocycles. The van der Waals surface area contributed by atoms with Crippen molar-refractivity contribution in [3.63, 3.8) is 0 Å². The standard InChI is InChI=1S/C14H17FN2O/c15-9-3-10(16)5-11(4-9)17-6-8-1-7-2-12(8)13(17)14(7)18/h3-5,7-8,12-14,18H,1-2,6,16H2. The Hall–Kier alpha value is -1.29. The normalized spacial score (nSPS) is 40.8. The zero-order valence-electron chi connectivity index (χ0n) is 10.1. The number of benzene rings is 1. The van der Waals surface area contributed by atoms with E-state index in [1.54, 1.807) is 0 Å². The highest BCUT2D eigenvalue weighted by Crippen LogP contribution is 2.55. The number of aliphatic hydroxyl groups excluding tert-OH is 1. The van der Waals surface area contributed by atoms with Gasteiger partial charge in [-0.1, -0.05) is 0 Å². The van der Waals surface area contributed by atoms with E-state index in [0.717, 1.165) is 25.1 Å². The minimum Gasteiger partial charge on any atom is -0.399 e. The molecule has 96 valence electrons. The summed E-state index contributed by atoms with van der Waals surface area (Å²) in [6.07, 6.45) is 2.01. The van der Waals surface area contributed by atoms with Crippen LogP contribution in [0.2, 0.25) is 0 Å². The van der Waals surface area contributed by atoms with Gasteiger partial charge < -0.3 is 15.7 Å². The molecule has 3 fully saturated rings. The molecular weight excluding hydrogens is 231 g/mol. The zero-order chi connectivity index (χ0) is 12.4. The van der Waals surface area contributed by atoms with E-state index in [1.807, 2.05) is 6.07 Å². The molecule has 0 spiro atoms. The molecule has 18 heavy (non-hydrogen) atoms. The van der Waals surface area contributed by atoms with Crippen LogP contribution in [0.1, 0.15) is 12.8 Å². The van der Waals surface area contributed by atoms with E-state index in [1.165, 1.54) is 12.1 Å². The first-order valence-corrected chi connectivity index (χ1v) is 6.64. The SMILES string of the molecule is Nc1cc(F)cc(N2CC3CC4CC3C2C4O)c1. The number of nitrogen functional groups attached to an aromatic ring is 1. The average Bonchev–Trinajstić information content (AvgIpc) is 2.87. The predicted molar refractivity (Wildman–Crippen MR) is 67.7 cm³/mol. The minimum atomic E-state index is -0.298. The van der Waals surface area contributed by atoms with Gasteiger partial charge in [0.2, 0.25) is 0 Å². The lowest BCUT2D eigenvalue weighted by atomic mass is 9.88. The summed E-state index contributed by atoms with van der Waals surface area (Å²) in [6.45, 7) is 0.936. The number of halogens is 1. The fourth-order valence-electron chi connectivity index (χ4n) is 4.47. The maximum absolute atomic E-state index is 13.5. The Morgan fingerprint density at radius 2 is 2.06 bits per heavy atom. The summed E-state index contributed by atoms with van der Waals surface area (Å²) >= 11 is 0. The molecule has 1 heterocycles. The van der Waals surface area contributed by atoms with Gasteiger partial charge >= 0.3 is 0 Å². The first-order valence-electron chi connectivity index (χ1n) is 6.64. The molecule has 0 amide bonds. The van der Waals surface area contributed by atoms with Gasteiger partial charge in [0.15, 0.2) is 0 Å². The monoisotopic (exact) mass is 248 g/mol. The Balaban J connectivity index is 1.74. The summed E-state index contributed by atoms with van der Waals surface area (Å²) in [5.41, 5.74) is 6.99. The summed E-state index contributed by atoms with van der Waals surface area (Å²) in [5, 5.41) is 10.3. The molecule has 0 aromatic heterocycles. The van der Waals surface area contributed by atoms with Gasteiger partial charge in [0.05, 0.1) is 12.1 Å². The van der Waals surface area contributed by atoms with Gasteiger partial charge in [-0.2, -0.15) is 0 Å². The lowest BCUT2D eigenvalue weighted by molar-refractivity contribution is 0.0966. The third-order valence-electron chi connectivity index (χ3n) is 5.09. The quantitative estimate of drug-likeness (QED) is 0.742. The van der Waals surface area contributed by atoms with Gasteiger partial charge in [0.25, 0.3) is 0 Å². The minimum absolute atomic E-state index is 0.176. The molecule has 3 N–H and O–H groups in total.